The molecule has 0 bridgehead atoms. The Hall–Kier alpha value is -0.340. The van der Waals surface area contributed by atoms with E-state index in [2.05, 4.69) is 25.2 Å². The summed E-state index contributed by atoms with van der Waals surface area (Å²) in [5.74, 6) is 1.29. The monoisotopic (exact) mass is 251 g/mol. The lowest BCUT2D eigenvalue weighted by Gasteiger charge is -2.35. The highest BCUT2D eigenvalue weighted by molar-refractivity contribution is 5.08. The number of hydrogen-bond acceptors (Lipinski definition) is 2. The quantitative estimate of drug-likeness (QED) is 0.752. The summed E-state index contributed by atoms with van der Waals surface area (Å²) in [6.07, 6.45) is 11.5. The standard InChI is InChI=1S/C16H29NO/c1-12-8-13(2)10-14(9-12)16(11-18)17-15-6-4-3-5-7-15/h8,12,14-18H,3-7,9-11H2,1-2H3. The van der Waals surface area contributed by atoms with Gasteiger partial charge in [0.25, 0.3) is 0 Å². The number of allylic oxidation sites excluding steroid dienone is 2. The molecule has 0 aromatic heterocycles. The highest BCUT2D eigenvalue weighted by atomic mass is 16.3. The molecule has 18 heavy (non-hydrogen) atoms. The average molecular weight is 251 g/mol. The molecule has 2 rings (SSSR count). The van der Waals surface area contributed by atoms with Crippen molar-refractivity contribution in [1.29, 1.82) is 0 Å². The van der Waals surface area contributed by atoms with E-state index in [4.69, 9.17) is 0 Å². The van der Waals surface area contributed by atoms with Gasteiger partial charge in [-0.15, -0.1) is 0 Å². The third-order valence-corrected chi connectivity index (χ3v) is 4.65. The molecule has 0 spiro atoms. The predicted octanol–water partition coefficient (Wildman–Crippen LogP) is 3.26. The van der Waals surface area contributed by atoms with E-state index in [0.29, 0.717) is 30.5 Å². The minimum atomic E-state index is 0.293. The Labute approximate surface area is 112 Å². The van der Waals surface area contributed by atoms with Crippen LogP contribution in [0.5, 0.6) is 0 Å². The Balaban J connectivity index is 1.89. The molecule has 1 fully saturated rings. The summed E-state index contributed by atoms with van der Waals surface area (Å²) in [5, 5.41) is 13.4. The zero-order chi connectivity index (χ0) is 13.0. The summed E-state index contributed by atoms with van der Waals surface area (Å²) in [7, 11) is 0. The molecular weight excluding hydrogens is 222 g/mol. The summed E-state index contributed by atoms with van der Waals surface area (Å²) in [6.45, 7) is 4.82. The first kappa shape index (κ1) is 14.1. The molecule has 2 aliphatic carbocycles. The fraction of sp³-hybridized carbons (Fsp3) is 0.875. The topological polar surface area (TPSA) is 32.3 Å². The fourth-order valence-corrected chi connectivity index (χ4v) is 3.81. The maximum atomic E-state index is 9.70. The van der Waals surface area contributed by atoms with Crippen molar-refractivity contribution in [2.45, 2.75) is 70.9 Å². The molecule has 0 aliphatic heterocycles. The second-order valence-corrected chi connectivity index (χ2v) is 6.48. The Morgan fingerprint density at radius 1 is 1.33 bits per heavy atom. The van der Waals surface area contributed by atoms with E-state index >= 15 is 0 Å². The molecular formula is C16H29NO. The molecule has 104 valence electrons. The van der Waals surface area contributed by atoms with Crippen molar-refractivity contribution < 1.29 is 5.11 Å². The van der Waals surface area contributed by atoms with Gasteiger partial charge in [0, 0.05) is 12.1 Å². The first-order chi connectivity index (χ1) is 8.69. The van der Waals surface area contributed by atoms with Crippen LogP contribution in [0.2, 0.25) is 0 Å². The lowest BCUT2D eigenvalue weighted by Crippen LogP contribution is -2.46. The Morgan fingerprint density at radius 2 is 2.06 bits per heavy atom. The Bertz CT molecular complexity index is 281. The second kappa shape index (κ2) is 6.72. The molecule has 3 unspecified atom stereocenters. The van der Waals surface area contributed by atoms with Crippen LogP contribution in [0.3, 0.4) is 0 Å². The van der Waals surface area contributed by atoms with Crippen molar-refractivity contribution in [3.8, 4) is 0 Å². The molecule has 1 saturated carbocycles. The Kier molecular flexibility index (Phi) is 5.25. The van der Waals surface area contributed by atoms with Crippen molar-refractivity contribution in [2.24, 2.45) is 11.8 Å². The summed E-state index contributed by atoms with van der Waals surface area (Å²) < 4.78 is 0. The van der Waals surface area contributed by atoms with Crippen molar-refractivity contribution in [2.75, 3.05) is 6.61 Å². The second-order valence-electron chi connectivity index (χ2n) is 6.48. The van der Waals surface area contributed by atoms with Crippen LogP contribution in [-0.4, -0.2) is 23.8 Å². The summed E-state index contributed by atoms with van der Waals surface area (Å²) in [6, 6.07) is 0.955. The molecule has 2 heteroatoms. The molecule has 2 aliphatic rings. The van der Waals surface area contributed by atoms with Gasteiger partial charge in [0.15, 0.2) is 0 Å². The fourth-order valence-electron chi connectivity index (χ4n) is 3.81. The van der Waals surface area contributed by atoms with Crippen LogP contribution in [0.4, 0.5) is 0 Å². The van der Waals surface area contributed by atoms with E-state index in [-0.39, 0.29) is 0 Å². The van der Waals surface area contributed by atoms with Gasteiger partial charge in [-0.2, -0.15) is 0 Å². The summed E-state index contributed by atoms with van der Waals surface area (Å²) in [4.78, 5) is 0. The van der Waals surface area contributed by atoms with Gasteiger partial charge >= 0.3 is 0 Å². The maximum Gasteiger partial charge on any atom is 0.0587 e. The third-order valence-electron chi connectivity index (χ3n) is 4.65. The van der Waals surface area contributed by atoms with Crippen molar-refractivity contribution in [1.82, 2.24) is 5.32 Å². The van der Waals surface area contributed by atoms with Crippen LogP contribution in [0.15, 0.2) is 11.6 Å². The van der Waals surface area contributed by atoms with Gasteiger partial charge in [0.2, 0.25) is 0 Å². The van der Waals surface area contributed by atoms with E-state index in [1.807, 2.05) is 0 Å². The van der Waals surface area contributed by atoms with Crippen LogP contribution in [-0.2, 0) is 0 Å². The van der Waals surface area contributed by atoms with Gasteiger partial charge < -0.3 is 10.4 Å². The van der Waals surface area contributed by atoms with Crippen molar-refractivity contribution in [3.63, 3.8) is 0 Å². The van der Waals surface area contributed by atoms with Crippen LogP contribution in [0, 0.1) is 11.8 Å². The predicted molar refractivity (Wildman–Crippen MR) is 76.5 cm³/mol. The lowest BCUT2D eigenvalue weighted by molar-refractivity contribution is 0.161. The SMILES string of the molecule is CC1=CC(C)CC(C(CO)NC2CCCCC2)C1. The highest BCUT2D eigenvalue weighted by Gasteiger charge is 2.27. The van der Waals surface area contributed by atoms with Gasteiger partial charge in [-0.3, -0.25) is 0 Å². The van der Waals surface area contributed by atoms with E-state index in [0.717, 1.165) is 6.42 Å². The Morgan fingerprint density at radius 3 is 2.67 bits per heavy atom. The van der Waals surface area contributed by atoms with Gasteiger partial charge in [-0.05, 0) is 44.4 Å². The van der Waals surface area contributed by atoms with Crippen LogP contribution < -0.4 is 5.32 Å². The van der Waals surface area contributed by atoms with E-state index in [1.54, 1.807) is 0 Å². The molecule has 2 nitrogen and oxygen atoms in total. The number of hydrogen-bond donors (Lipinski definition) is 2. The van der Waals surface area contributed by atoms with Gasteiger partial charge in [0.05, 0.1) is 6.61 Å². The van der Waals surface area contributed by atoms with Gasteiger partial charge in [-0.1, -0.05) is 37.8 Å². The van der Waals surface area contributed by atoms with Crippen LogP contribution in [0.25, 0.3) is 0 Å². The van der Waals surface area contributed by atoms with E-state index in [1.165, 1.54) is 44.1 Å². The summed E-state index contributed by atoms with van der Waals surface area (Å²) in [5.41, 5.74) is 1.50. The normalized spacial score (nSPS) is 32.1. The number of rotatable bonds is 4. The lowest BCUT2D eigenvalue weighted by atomic mass is 9.79. The number of aliphatic hydroxyl groups excluding tert-OH is 1. The largest absolute Gasteiger partial charge is 0.395 e. The minimum Gasteiger partial charge on any atom is -0.395 e. The van der Waals surface area contributed by atoms with Gasteiger partial charge in [-0.25, -0.2) is 0 Å². The molecule has 0 aromatic rings. The molecule has 0 amide bonds. The van der Waals surface area contributed by atoms with E-state index < -0.39 is 0 Å². The molecule has 2 N–H and O–H groups in total. The molecule has 0 radical (unpaired) electrons. The number of nitrogens with one attached hydrogen (secondary N) is 1. The first-order valence-corrected chi connectivity index (χ1v) is 7.73. The van der Waals surface area contributed by atoms with Crippen molar-refractivity contribution in [3.05, 3.63) is 11.6 Å². The molecule has 0 heterocycles. The first-order valence-electron chi connectivity index (χ1n) is 7.73. The minimum absolute atomic E-state index is 0.293. The van der Waals surface area contributed by atoms with E-state index in [9.17, 15) is 5.11 Å². The molecule has 0 saturated heterocycles. The zero-order valence-corrected chi connectivity index (χ0v) is 12.0. The van der Waals surface area contributed by atoms with Crippen LogP contribution in [0.1, 0.15) is 58.8 Å². The van der Waals surface area contributed by atoms with Crippen molar-refractivity contribution >= 4 is 0 Å². The van der Waals surface area contributed by atoms with Gasteiger partial charge in [0.1, 0.15) is 0 Å². The van der Waals surface area contributed by atoms with Crippen LogP contribution >= 0.6 is 0 Å². The zero-order valence-electron chi connectivity index (χ0n) is 12.0. The average Bonchev–Trinajstić information content (AvgIpc) is 2.36. The summed E-state index contributed by atoms with van der Waals surface area (Å²) >= 11 is 0. The maximum absolute atomic E-state index is 9.70. The smallest absolute Gasteiger partial charge is 0.0587 e. The highest BCUT2D eigenvalue weighted by Crippen LogP contribution is 2.31. The molecule has 0 aromatic carbocycles. The number of aliphatic hydroxyl groups is 1. The third kappa shape index (κ3) is 3.83. The molecule has 3 atom stereocenters.